The van der Waals surface area contributed by atoms with Gasteiger partial charge in [0.1, 0.15) is 18.3 Å². The molecule has 0 aromatic carbocycles. The van der Waals surface area contributed by atoms with Gasteiger partial charge in [0, 0.05) is 13.2 Å². The Bertz CT molecular complexity index is 206. The van der Waals surface area contributed by atoms with Gasteiger partial charge in [-0.1, -0.05) is 0 Å². The van der Waals surface area contributed by atoms with Gasteiger partial charge in [-0.05, 0) is 20.8 Å². The molecule has 0 aliphatic carbocycles. The minimum absolute atomic E-state index is 0.200. The number of ether oxygens (including phenoxy) is 3. The van der Waals surface area contributed by atoms with E-state index in [1.165, 1.54) is 6.92 Å². The van der Waals surface area contributed by atoms with Gasteiger partial charge in [-0.15, -0.1) is 0 Å². The van der Waals surface area contributed by atoms with Crippen LogP contribution in [0.2, 0.25) is 0 Å². The molecule has 0 bridgehead atoms. The van der Waals surface area contributed by atoms with Crippen molar-refractivity contribution in [2.75, 3.05) is 26.4 Å². The van der Waals surface area contributed by atoms with Crippen LogP contribution < -0.4 is 0 Å². The van der Waals surface area contributed by atoms with E-state index in [9.17, 15) is 9.59 Å². The fourth-order valence-electron chi connectivity index (χ4n) is 1.05. The molecule has 0 saturated heterocycles. The zero-order valence-electron chi connectivity index (χ0n) is 10.2. The van der Waals surface area contributed by atoms with Crippen molar-refractivity contribution in [2.45, 2.75) is 33.3 Å². The highest BCUT2D eigenvalue weighted by Gasteiger charge is 2.15. The lowest BCUT2D eigenvalue weighted by molar-refractivity contribution is -0.157. The zero-order valence-corrected chi connectivity index (χ0v) is 10.2. The van der Waals surface area contributed by atoms with Crippen LogP contribution in [0.3, 0.4) is 0 Å². The summed E-state index contributed by atoms with van der Waals surface area (Å²) in [7, 11) is 0. The van der Waals surface area contributed by atoms with Crippen LogP contribution in [-0.4, -0.2) is 44.3 Å². The molecule has 0 aliphatic rings. The summed E-state index contributed by atoms with van der Waals surface area (Å²) in [5.41, 5.74) is 0. The molecule has 0 saturated carbocycles. The minimum atomic E-state index is -0.531. The van der Waals surface area contributed by atoms with Gasteiger partial charge in [-0.3, -0.25) is 9.59 Å². The third kappa shape index (κ3) is 8.38. The molecule has 5 heteroatoms. The van der Waals surface area contributed by atoms with E-state index in [1.807, 2.05) is 13.8 Å². The largest absolute Gasteiger partial charge is 0.457 e. The van der Waals surface area contributed by atoms with Crippen LogP contribution in [-0.2, 0) is 23.8 Å². The Morgan fingerprint density at radius 2 is 1.56 bits per heavy atom. The lowest BCUT2D eigenvalue weighted by Crippen LogP contribution is -2.29. The van der Waals surface area contributed by atoms with Crippen molar-refractivity contribution in [3.05, 3.63) is 0 Å². The molecule has 0 unspecified atom stereocenters. The molecule has 0 spiro atoms. The summed E-state index contributed by atoms with van der Waals surface area (Å²) < 4.78 is 15.4. The van der Waals surface area contributed by atoms with Gasteiger partial charge in [0.05, 0.1) is 13.2 Å². The summed E-state index contributed by atoms with van der Waals surface area (Å²) in [6.07, 6.45) is -0.638. The van der Waals surface area contributed by atoms with Crippen molar-refractivity contribution in [1.82, 2.24) is 0 Å². The van der Waals surface area contributed by atoms with Crippen LogP contribution in [0.1, 0.15) is 27.2 Å². The third-order valence-corrected chi connectivity index (χ3v) is 1.71. The maximum absolute atomic E-state index is 11.2. The highest BCUT2D eigenvalue weighted by molar-refractivity contribution is 5.94. The lowest BCUT2D eigenvalue weighted by Gasteiger charge is -2.17. The molecule has 0 fully saturated rings. The quantitative estimate of drug-likeness (QED) is 0.437. The van der Waals surface area contributed by atoms with Crippen molar-refractivity contribution in [2.24, 2.45) is 0 Å². The molecule has 0 heterocycles. The molecule has 0 radical (unpaired) electrons. The number of hydrogen-bond acceptors (Lipinski definition) is 5. The molecular formula is C11H20O5. The minimum Gasteiger partial charge on any atom is -0.457 e. The van der Waals surface area contributed by atoms with Crippen molar-refractivity contribution in [3.63, 3.8) is 0 Å². The van der Waals surface area contributed by atoms with E-state index in [0.29, 0.717) is 26.4 Å². The van der Waals surface area contributed by atoms with Crippen LogP contribution in [0.4, 0.5) is 0 Å². The Kier molecular flexibility index (Phi) is 8.75. The second-order valence-electron chi connectivity index (χ2n) is 3.31. The number of hydrogen-bond donors (Lipinski definition) is 0. The van der Waals surface area contributed by atoms with E-state index in [2.05, 4.69) is 0 Å². The summed E-state index contributed by atoms with van der Waals surface area (Å²) in [5, 5.41) is 0. The average Bonchev–Trinajstić information content (AvgIpc) is 2.20. The Labute approximate surface area is 96.1 Å². The van der Waals surface area contributed by atoms with E-state index in [1.54, 1.807) is 0 Å². The summed E-state index contributed by atoms with van der Waals surface area (Å²) in [5.74, 6) is -0.742. The van der Waals surface area contributed by atoms with Crippen molar-refractivity contribution in [1.29, 1.82) is 0 Å². The molecule has 0 N–H and O–H groups in total. The molecule has 5 nitrogen and oxygen atoms in total. The van der Waals surface area contributed by atoms with Gasteiger partial charge in [-0.2, -0.15) is 0 Å². The third-order valence-electron chi connectivity index (χ3n) is 1.71. The first kappa shape index (κ1) is 15.1. The number of ketones is 1. The molecule has 0 atom stereocenters. The SMILES string of the molecule is CCOCC(COCC)OC(=O)CC(C)=O. The predicted octanol–water partition coefficient (Wildman–Crippen LogP) is 0.950. The average molecular weight is 232 g/mol. The van der Waals surface area contributed by atoms with Crippen LogP contribution in [0, 0.1) is 0 Å². The number of carbonyl (C=O) groups excluding carboxylic acids is 2. The Hall–Kier alpha value is -0.940. The van der Waals surface area contributed by atoms with Gasteiger partial charge in [-0.25, -0.2) is 0 Å². The van der Waals surface area contributed by atoms with Gasteiger partial charge in [0.15, 0.2) is 0 Å². The maximum Gasteiger partial charge on any atom is 0.313 e. The standard InChI is InChI=1S/C11H20O5/c1-4-14-7-10(8-15-5-2)16-11(13)6-9(3)12/h10H,4-8H2,1-3H3. The van der Waals surface area contributed by atoms with E-state index in [-0.39, 0.29) is 12.2 Å². The van der Waals surface area contributed by atoms with Gasteiger partial charge < -0.3 is 14.2 Å². The molecular weight excluding hydrogens is 212 g/mol. The number of Topliss-reactive ketones (excluding diaryl/α,β-unsaturated/α-hetero) is 1. The fraction of sp³-hybridized carbons (Fsp3) is 0.818. The van der Waals surface area contributed by atoms with Gasteiger partial charge in [0.2, 0.25) is 0 Å². The van der Waals surface area contributed by atoms with Crippen molar-refractivity contribution >= 4 is 11.8 Å². The van der Waals surface area contributed by atoms with E-state index in [0.717, 1.165) is 0 Å². The van der Waals surface area contributed by atoms with Crippen molar-refractivity contribution in [3.8, 4) is 0 Å². The summed E-state index contributed by atoms with van der Waals surface area (Å²) >= 11 is 0. The fourth-order valence-corrected chi connectivity index (χ4v) is 1.05. The molecule has 16 heavy (non-hydrogen) atoms. The summed E-state index contributed by atoms with van der Waals surface area (Å²) in [6.45, 7) is 6.74. The van der Waals surface area contributed by atoms with Gasteiger partial charge >= 0.3 is 5.97 Å². The molecule has 0 aromatic heterocycles. The molecule has 0 rings (SSSR count). The van der Waals surface area contributed by atoms with E-state index in [4.69, 9.17) is 14.2 Å². The summed E-state index contributed by atoms with van der Waals surface area (Å²) in [4.78, 5) is 21.9. The summed E-state index contributed by atoms with van der Waals surface area (Å²) in [6, 6.07) is 0. The zero-order chi connectivity index (χ0) is 12.4. The second-order valence-corrected chi connectivity index (χ2v) is 3.31. The van der Waals surface area contributed by atoms with Gasteiger partial charge in [0.25, 0.3) is 0 Å². The van der Waals surface area contributed by atoms with Crippen molar-refractivity contribution < 1.29 is 23.8 Å². The topological polar surface area (TPSA) is 61.8 Å². The van der Waals surface area contributed by atoms with Crippen LogP contribution in [0.15, 0.2) is 0 Å². The Balaban J connectivity index is 3.97. The second kappa shape index (κ2) is 9.30. The van der Waals surface area contributed by atoms with E-state index >= 15 is 0 Å². The number of esters is 1. The maximum atomic E-state index is 11.2. The Morgan fingerprint density at radius 3 is 1.94 bits per heavy atom. The number of rotatable bonds is 9. The monoisotopic (exact) mass is 232 g/mol. The number of carbonyl (C=O) groups is 2. The lowest BCUT2D eigenvalue weighted by atomic mass is 10.3. The smallest absolute Gasteiger partial charge is 0.313 e. The molecule has 94 valence electrons. The van der Waals surface area contributed by atoms with Crippen LogP contribution >= 0.6 is 0 Å². The molecule has 0 aromatic rings. The van der Waals surface area contributed by atoms with Crippen LogP contribution in [0.5, 0.6) is 0 Å². The van der Waals surface area contributed by atoms with E-state index < -0.39 is 12.1 Å². The normalized spacial score (nSPS) is 10.5. The van der Waals surface area contributed by atoms with Crippen LogP contribution in [0.25, 0.3) is 0 Å². The molecule has 0 amide bonds. The molecule has 0 aliphatic heterocycles. The first-order valence-electron chi connectivity index (χ1n) is 5.44. The highest BCUT2D eigenvalue weighted by Crippen LogP contribution is 1.99. The first-order valence-corrected chi connectivity index (χ1v) is 5.44. The Morgan fingerprint density at radius 1 is 1.06 bits per heavy atom. The highest BCUT2D eigenvalue weighted by atomic mass is 16.6. The first-order chi connectivity index (χ1) is 7.60. The predicted molar refractivity (Wildman–Crippen MR) is 58.2 cm³/mol.